The summed E-state index contributed by atoms with van der Waals surface area (Å²) in [5.74, 6) is -0.357. The van der Waals surface area contributed by atoms with E-state index >= 15 is 0 Å². The van der Waals surface area contributed by atoms with Crippen LogP contribution in [-0.4, -0.2) is 35.0 Å². The Kier molecular flexibility index (Phi) is 5.22. The zero-order valence-electron chi connectivity index (χ0n) is 11.7. The van der Waals surface area contributed by atoms with Crippen LogP contribution in [0.2, 0.25) is 0 Å². The Morgan fingerprint density at radius 2 is 2.00 bits per heavy atom. The van der Waals surface area contributed by atoms with Crippen molar-refractivity contribution in [2.75, 3.05) is 18.8 Å². The van der Waals surface area contributed by atoms with Gasteiger partial charge in [-0.05, 0) is 59.3 Å². The minimum Gasteiger partial charge on any atom is -0.481 e. The van der Waals surface area contributed by atoms with E-state index in [1.165, 1.54) is 0 Å². The average molecular weight is 355 g/mol. The predicted molar refractivity (Wildman–Crippen MR) is 84.1 cm³/mol. The number of rotatable bonds is 4. The van der Waals surface area contributed by atoms with E-state index in [4.69, 9.17) is 10.8 Å². The standard InChI is InChI=1S/C15H19BrN2O3/c16-12-3-2-11(9-13(12)17)15(21)18-7-5-10(6-8-18)1-4-14(19)20/h2-3,9-10H,1,4-8,17H2,(H,19,20). The number of nitrogens with two attached hydrogens (primary N) is 1. The Hall–Kier alpha value is -1.56. The fourth-order valence-electron chi connectivity index (χ4n) is 2.61. The fraction of sp³-hybridized carbons (Fsp3) is 0.467. The zero-order chi connectivity index (χ0) is 15.4. The summed E-state index contributed by atoms with van der Waals surface area (Å²) in [4.78, 5) is 24.8. The number of nitrogen functional groups attached to an aromatic ring is 1. The SMILES string of the molecule is Nc1cc(C(=O)N2CCC(CCC(=O)O)CC2)ccc1Br. The molecule has 1 aliphatic rings. The van der Waals surface area contributed by atoms with Crippen molar-refractivity contribution >= 4 is 33.5 Å². The summed E-state index contributed by atoms with van der Waals surface area (Å²) in [6.07, 6.45) is 2.64. The number of halogens is 1. The van der Waals surface area contributed by atoms with Gasteiger partial charge in [0, 0.05) is 35.2 Å². The maximum Gasteiger partial charge on any atom is 0.303 e. The van der Waals surface area contributed by atoms with Gasteiger partial charge in [0.25, 0.3) is 5.91 Å². The maximum absolute atomic E-state index is 12.4. The molecule has 0 unspecified atom stereocenters. The molecule has 0 atom stereocenters. The van der Waals surface area contributed by atoms with Gasteiger partial charge in [-0.2, -0.15) is 0 Å². The molecule has 21 heavy (non-hydrogen) atoms. The highest BCUT2D eigenvalue weighted by Gasteiger charge is 2.24. The first-order chi connectivity index (χ1) is 9.97. The Morgan fingerprint density at radius 3 is 2.57 bits per heavy atom. The lowest BCUT2D eigenvalue weighted by molar-refractivity contribution is -0.137. The maximum atomic E-state index is 12.4. The van der Waals surface area contributed by atoms with Crippen LogP contribution in [0.1, 0.15) is 36.0 Å². The van der Waals surface area contributed by atoms with Crippen LogP contribution >= 0.6 is 15.9 Å². The molecule has 0 spiro atoms. The van der Waals surface area contributed by atoms with E-state index in [2.05, 4.69) is 15.9 Å². The summed E-state index contributed by atoms with van der Waals surface area (Å²) < 4.78 is 0.784. The number of aliphatic carboxylic acids is 1. The number of hydrogen-bond acceptors (Lipinski definition) is 3. The number of amides is 1. The Balaban J connectivity index is 1.90. The van der Waals surface area contributed by atoms with Gasteiger partial charge in [-0.25, -0.2) is 0 Å². The number of anilines is 1. The van der Waals surface area contributed by atoms with Crippen molar-refractivity contribution in [1.82, 2.24) is 4.90 Å². The highest BCUT2D eigenvalue weighted by molar-refractivity contribution is 9.10. The Morgan fingerprint density at radius 1 is 1.33 bits per heavy atom. The molecule has 1 saturated heterocycles. The molecule has 5 nitrogen and oxygen atoms in total. The minimum atomic E-state index is -0.751. The van der Waals surface area contributed by atoms with E-state index in [9.17, 15) is 9.59 Å². The number of carboxylic acid groups (broad SMARTS) is 1. The Labute approximate surface area is 132 Å². The van der Waals surface area contributed by atoms with Crippen LogP contribution in [0.3, 0.4) is 0 Å². The number of likely N-dealkylation sites (tertiary alicyclic amines) is 1. The summed E-state index contributed by atoms with van der Waals surface area (Å²) in [6, 6.07) is 5.23. The van der Waals surface area contributed by atoms with Gasteiger partial charge in [-0.1, -0.05) is 0 Å². The molecule has 6 heteroatoms. The molecule has 0 radical (unpaired) electrons. The lowest BCUT2D eigenvalue weighted by Crippen LogP contribution is -2.38. The molecule has 1 aromatic rings. The van der Waals surface area contributed by atoms with Crippen molar-refractivity contribution in [3.63, 3.8) is 0 Å². The number of hydrogen-bond donors (Lipinski definition) is 2. The minimum absolute atomic E-state index is 0.00844. The average Bonchev–Trinajstić information content (AvgIpc) is 2.48. The van der Waals surface area contributed by atoms with Gasteiger partial charge in [-0.15, -0.1) is 0 Å². The molecule has 1 amide bonds. The van der Waals surface area contributed by atoms with Crippen LogP contribution < -0.4 is 5.73 Å². The monoisotopic (exact) mass is 354 g/mol. The molecule has 114 valence electrons. The summed E-state index contributed by atoms with van der Waals surface area (Å²) in [5, 5.41) is 8.70. The highest BCUT2D eigenvalue weighted by Crippen LogP contribution is 2.25. The number of piperidine rings is 1. The largest absolute Gasteiger partial charge is 0.481 e. The van der Waals surface area contributed by atoms with Crippen LogP contribution in [0, 0.1) is 5.92 Å². The number of benzene rings is 1. The third kappa shape index (κ3) is 4.20. The van der Waals surface area contributed by atoms with Gasteiger partial charge in [0.2, 0.25) is 0 Å². The molecule has 1 heterocycles. The van der Waals surface area contributed by atoms with Crippen molar-refractivity contribution in [2.24, 2.45) is 5.92 Å². The fourth-order valence-corrected chi connectivity index (χ4v) is 2.86. The van der Waals surface area contributed by atoms with E-state index in [0.29, 0.717) is 36.7 Å². The smallest absolute Gasteiger partial charge is 0.303 e. The van der Waals surface area contributed by atoms with Gasteiger partial charge < -0.3 is 15.7 Å². The first-order valence-corrected chi connectivity index (χ1v) is 7.82. The van der Waals surface area contributed by atoms with Crippen LogP contribution in [-0.2, 0) is 4.79 Å². The summed E-state index contributed by atoms with van der Waals surface area (Å²) in [7, 11) is 0. The van der Waals surface area contributed by atoms with Gasteiger partial charge >= 0.3 is 5.97 Å². The second-order valence-corrected chi connectivity index (χ2v) is 6.26. The third-order valence-corrected chi connectivity index (χ3v) is 4.63. The molecule has 0 saturated carbocycles. The number of carbonyl (C=O) groups excluding carboxylic acids is 1. The van der Waals surface area contributed by atoms with E-state index in [0.717, 1.165) is 17.3 Å². The van der Waals surface area contributed by atoms with E-state index < -0.39 is 5.97 Å². The topological polar surface area (TPSA) is 83.6 Å². The van der Waals surface area contributed by atoms with E-state index in [-0.39, 0.29) is 12.3 Å². The number of carbonyl (C=O) groups is 2. The van der Waals surface area contributed by atoms with Crippen molar-refractivity contribution in [1.29, 1.82) is 0 Å². The highest BCUT2D eigenvalue weighted by atomic mass is 79.9. The Bertz CT molecular complexity index is 540. The summed E-state index contributed by atoms with van der Waals surface area (Å²) in [6.45, 7) is 1.36. The van der Waals surface area contributed by atoms with Crippen molar-refractivity contribution in [3.05, 3.63) is 28.2 Å². The van der Waals surface area contributed by atoms with Gasteiger partial charge in [0.05, 0.1) is 0 Å². The molecule has 1 aliphatic heterocycles. The molecular formula is C15H19BrN2O3. The molecular weight excluding hydrogens is 336 g/mol. The summed E-state index contributed by atoms with van der Waals surface area (Å²) >= 11 is 3.31. The van der Waals surface area contributed by atoms with Gasteiger partial charge in [0.15, 0.2) is 0 Å². The molecule has 0 aromatic heterocycles. The van der Waals surface area contributed by atoms with Gasteiger partial charge in [0.1, 0.15) is 0 Å². The first kappa shape index (κ1) is 15.8. The zero-order valence-corrected chi connectivity index (χ0v) is 13.3. The first-order valence-electron chi connectivity index (χ1n) is 7.03. The second-order valence-electron chi connectivity index (χ2n) is 5.40. The van der Waals surface area contributed by atoms with Crippen LogP contribution in [0.5, 0.6) is 0 Å². The molecule has 0 bridgehead atoms. The quantitative estimate of drug-likeness (QED) is 0.814. The van der Waals surface area contributed by atoms with Crippen LogP contribution in [0.15, 0.2) is 22.7 Å². The van der Waals surface area contributed by atoms with Crippen molar-refractivity contribution < 1.29 is 14.7 Å². The third-order valence-electron chi connectivity index (χ3n) is 3.91. The number of carboxylic acids is 1. The molecule has 1 fully saturated rings. The van der Waals surface area contributed by atoms with Crippen molar-refractivity contribution in [3.8, 4) is 0 Å². The molecule has 1 aromatic carbocycles. The number of nitrogens with zero attached hydrogens (tertiary/aromatic N) is 1. The second kappa shape index (κ2) is 6.93. The van der Waals surface area contributed by atoms with Crippen molar-refractivity contribution in [2.45, 2.75) is 25.7 Å². The lowest BCUT2D eigenvalue weighted by Gasteiger charge is -2.32. The molecule has 0 aliphatic carbocycles. The molecule has 3 N–H and O–H groups in total. The normalized spacial score (nSPS) is 16.0. The predicted octanol–water partition coefficient (Wildman–Crippen LogP) is 2.75. The molecule has 2 rings (SSSR count). The van der Waals surface area contributed by atoms with E-state index in [1.54, 1.807) is 18.2 Å². The van der Waals surface area contributed by atoms with Crippen LogP contribution in [0.25, 0.3) is 0 Å². The van der Waals surface area contributed by atoms with Gasteiger partial charge in [-0.3, -0.25) is 9.59 Å². The van der Waals surface area contributed by atoms with E-state index in [1.807, 2.05) is 4.90 Å². The van der Waals surface area contributed by atoms with Crippen LogP contribution in [0.4, 0.5) is 5.69 Å². The lowest BCUT2D eigenvalue weighted by atomic mass is 9.92. The summed E-state index contributed by atoms with van der Waals surface area (Å²) in [5.41, 5.74) is 6.95.